The van der Waals surface area contributed by atoms with Crippen molar-refractivity contribution in [2.45, 2.75) is 13.1 Å². The number of pyridine rings is 1. The molecule has 0 aliphatic heterocycles. The molecule has 0 fully saturated rings. The van der Waals surface area contributed by atoms with E-state index in [1.807, 2.05) is 0 Å². The first-order chi connectivity index (χ1) is 9.77. The van der Waals surface area contributed by atoms with Gasteiger partial charge in [0.15, 0.2) is 0 Å². The van der Waals surface area contributed by atoms with Gasteiger partial charge < -0.3 is 10.4 Å². The normalized spacial score (nSPS) is 11.2. The van der Waals surface area contributed by atoms with Crippen molar-refractivity contribution in [3.05, 3.63) is 53.3 Å². The molecule has 1 aromatic heterocycles. The number of aryl methyl sites for hydroxylation is 1. The van der Waals surface area contributed by atoms with Crippen molar-refractivity contribution in [3.63, 3.8) is 0 Å². The van der Waals surface area contributed by atoms with E-state index in [9.17, 15) is 23.1 Å². The summed E-state index contributed by atoms with van der Waals surface area (Å²) in [7, 11) is 0. The summed E-state index contributed by atoms with van der Waals surface area (Å²) in [6.45, 7) is 1.68. The number of carbonyl (C=O) groups excluding carboxylic acids is 1. The fourth-order valence-corrected chi connectivity index (χ4v) is 1.59. The minimum absolute atomic E-state index is 0.0341. The van der Waals surface area contributed by atoms with E-state index in [4.69, 9.17) is 0 Å². The lowest BCUT2D eigenvalue weighted by atomic mass is 10.1. The predicted molar refractivity (Wildman–Crippen MR) is 70.0 cm³/mol. The molecule has 0 bridgehead atoms. The third-order valence-electron chi connectivity index (χ3n) is 2.78. The van der Waals surface area contributed by atoms with Gasteiger partial charge in [-0.3, -0.25) is 4.79 Å². The van der Waals surface area contributed by atoms with Crippen LogP contribution in [0.3, 0.4) is 0 Å². The zero-order valence-corrected chi connectivity index (χ0v) is 10.9. The molecule has 2 rings (SSSR count). The lowest BCUT2D eigenvalue weighted by Crippen LogP contribution is -2.13. The van der Waals surface area contributed by atoms with Gasteiger partial charge in [-0.1, -0.05) is 6.07 Å². The molecule has 1 heterocycles. The monoisotopic (exact) mass is 296 g/mol. The van der Waals surface area contributed by atoms with Crippen LogP contribution >= 0.6 is 0 Å². The number of benzene rings is 1. The maximum Gasteiger partial charge on any atom is 0.433 e. The van der Waals surface area contributed by atoms with Crippen LogP contribution in [0.25, 0.3) is 0 Å². The van der Waals surface area contributed by atoms with Crippen molar-refractivity contribution >= 4 is 11.6 Å². The molecule has 0 aliphatic carbocycles. The van der Waals surface area contributed by atoms with Crippen LogP contribution in [-0.2, 0) is 6.18 Å². The highest BCUT2D eigenvalue weighted by Gasteiger charge is 2.32. The number of rotatable bonds is 2. The Morgan fingerprint density at radius 1 is 1.24 bits per heavy atom. The number of hydrogen-bond donors (Lipinski definition) is 2. The summed E-state index contributed by atoms with van der Waals surface area (Å²) in [5, 5.41) is 11.9. The molecule has 7 heteroatoms. The second-order valence-corrected chi connectivity index (χ2v) is 4.39. The van der Waals surface area contributed by atoms with Crippen molar-refractivity contribution in [2.24, 2.45) is 0 Å². The second kappa shape index (κ2) is 5.43. The van der Waals surface area contributed by atoms with E-state index < -0.39 is 17.8 Å². The maximum atomic E-state index is 12.4. The number of anilines is 1. The molecule has 0 unspecified atom stereocenters. The van der Waals surface area contributed by atoms with Crippen LogP contribution in [0.1, 0.15) is 21.6 Å². The summed E-state index contributed by atoms with van der Waals surface area (Å²) in [5.74, 6) is -0.583. The summed E-state index contributed by atoms with van der Waals surface area (Å²) in [5.41, 5.74) is -0.0951. The number of amides is 1. The Labute approximate surface area is 118 Å². The molecule has 2 aromatic rings. The zero-order valence-electron chi connectivity index (χ0n) is 10.9. The van der Waals surface area contributed by atoms with Crippen LogP contribution in [0.5, 0.6) is 5.75 Å². The predicted octanol–water partition coefficient (Wildman–Crippen LogP) is 3.37. The van der Waals surface area contributed by atoms with Gasteiger partial charge in [-0.2, -0.15) is 13.2 Å². The molecule has 0 saturated carbocycles. The smallest absolute Gasteiger partial charge is 0.433 e. The summed E-state index contributed by atoms with van der Waals surface area (Å²) in [6.07, 6.45) is -3.60. The van der Waals surface area contributed by atoms with Gasteiger partial charge in [0.2, 0.25) is 0 Å². The Hall–Kier alpha value is -2.57. The summed E-state index contributed by atoms with van der Waals surface area (Å²) >= 11 is 0. The van der Waals surface area contributed by atoms with Crippen molar-refractivity contribution in [1.82, 2.24) is 4.98 Å². The van der Waals surface area contributed by atoms with Gasteiger partial charge in [0.1, 0.15) is 11.4 Å². The van der Waals surface area contributed by atoms with Crippen molar-refractivity contribution in [3.8, 4) is 5.75 Å². The van der Waals surface area contributed by atoms with E-state index in [-0.39, 0.29) is 17.0 Å². The van der Waals surface area contributed by atoms with Gasteiger partial charge in [0.25, 0.3) is 5.91 Å². The number of halogens is 3. The number of nitrogens with zero attached hydrogens (tertiary/aromatic N) is 1. The molecule has 1 aromatic carbocycles. The number of aromatic nitrogens is 1. The third-order valence-corrected chi connectivity index (χ3v) is 2.78. The lowest BCUT2D eigenvalue weighted by molar-refractivity contribution is -0.141. The lowest BCUT2D eigenvalue weighted by Gasteiger charge is -2.08. The molecule has 0 saturated heterocycles. The number of alkyl halides is 3. The highest BCUT2D eigenvalue weighted by molar-refractivity contribution is 6.04. The summed E-state index contributed by atoms with van der Waals surface area (Å²) in [6, 6.07) is 6.24. The fraction of sp³-hybridized carbons (Fsp3) is 0.143. The van der Waals surface area contributed by atoms with Crippen LogP contribution in [0.15, 0.2) is 36.5 Å². The molecular formula is C14H11F3N2O2. The number of phenolic OH excluding ortho intramolecular Hbond substituents is 1. The first-order valence-corrected chi connectivity index (χ1v) is 5.91. The van der Waals surface area contributed by atoms with Crippen LogP contribution in [-0.4, -0.2) is 16.0 Å². The van der Waals surface area contributed by atoms with Crippen molar-refractivity contribution in [1.29, 1.82) is 0 Å². The Bertz CT molecular complexity index is 667. The molecule has 110 valence electrons. The maximum absolute atomic E-state index is 12.4. The van der Waals surface area contributed by atoms with E-state index in [0.29, 0.717) is 5.56 Å². The van der Waals surface area contributed by atoms with Crippen LogP contribution < -0.4 is 5.32 Å². The molecule has 2 N–H and O–H groups in total. The van der Waals surface area contributed by atoms with Gasteiger partial charge in [0.05, 0.1) is 11.9 Å². The third kappa shape index (κ3) is 3.50. The number of nitrogens with one attached hydrogen (secondary N) is 1. The van der Waals surface area contributed by atoms with E-state index in [1.165, 1.54) is 12.1 Å². The number of carbonyl (C=O) groups is 1. The SMILES string of the molecule is Cc1ccc(C(=O)Nc2ccc(C(F)(F)F)nc2)cc1O. The quantitative estimate of drug-likeness (QED) is 0.893. The number of phenols is 1. The van der Waals surface area contributed by atoms with Crippen LogP contribution in [0, 0.1) is 6.92 Å². The van der Waals surface area contributed by atoms with E-state index in [2.05, 4.69) is 10.3 Å². The van der Waals surface area contributed by atoms with E-state index in [0.717, 1.165) is 18.3 Å². The van der Waals surface area contributed by atoms with Crippen LogP contribution in [0.2, 0.25) is 0 Å². The molecule has 0 spiro atoms. The number of aromatic hydroxyl groups is 1. The largest absolute Gasteiger partial charge is 0.508 e. The molecular weight excluding hydrogens is 285 g/mol. The fourth-order valence-electron chi connectivity index (χ4n) is 1.59. The molecule has 0 atom stereocenters. The minimum atomic E-state index is -4.52. The zero-order chi connectivity index (χ0) is 15.6. The highest BCUT2D eigenvalue weighted by atomic mass is 19.4. The molecule has 1 amide bonds. The Morgan fingerprint density at radius 2 is 1.95 bits per heavy atom. The molecule has 4 nitrogen and oxygen atoms in total. The minimum Gasteiger partial charge on any atom is -0.508 e. The topological polar surface area (TPSA) is 62.2 Å². The summed E-state index contributed by atoms with van der Waals surface area (Å²) < 4.78 is 37.1. The van der Waals surface area contributed by atoms with Crippen LogP contribution in [0.4, 0.5) is 18.9 Å². The average Bonchev–Trinajstić information content (AvgIpc) is 2.41. The van der Waals surface area contributed by atoms with Gasteiger partial charge in [-0.15, -0.1) is 0 Å². The molecule has 0 aliphatic rings. The van der Waals surface area contributed by atoms with Gasteiger partial charge in [-0.05, 0) is 36.8 Å². The summed E-state index contributed by atoms with van der Waals surface area (Å²) in [4.78, 5) is 15.1. The number of hydrogen-bond acceptors (Lipinski definition) is 3. The van der Waals surface area contributed by atoms with Gasteiger partial charge in [0, 0.05) is 5.56 Å². The van der Waals surface area contributed by atoms with Gasteiger partial charge >= 0.3 is 6.18 Å². The van der Waals surface area contributed by atoms with Crippen molar-refractivity contribution < 1.29 is 23.1 Å². The molecule has 0 radical (unpaired) electrons. The van der Waals surface area contributed by atoms with E-state index >= 15 is 0 Å². The molecule has 21 heavy (non-hydrogen) atoms. The average molecular weight is 296 g/mol. The first kappa shape index (κ1) is 14.8. The first-order valence-electron chi connectivity index (χ1n) is 5.91. The van der Waals surface area contributed by atoms with Crippen molar-refractivity contribution in [2.75, 3.05) is 5.32 Å². The Kier molecular flexibility index (Phi) is 3.84. The Morgan fingerprint density at radius 3 is 2.48 bits per heavy atom. The highest BCUT2D eigenvalue weighted by Crippen LogP contribution is 2.28. The standard InChI is InChI=1S/C14H11F3N2O2/c1-8-2-3-9(6-11(8)20)13(21)19-10-4-5-12(18-7-10)14(15,16)17/h2-7,20H,1H3,(H,19,21). The second-order valence-electron chi connectivity index (χ2n) is 4.39. The van der Waals surface area contributed by atoms with Gasteiger partial charge in [-0.25, -0.2) is 4.98 Å². The Balaban J connectivity index is 2.14. The van der Waals surface area contributed by atoms with E-state index in [1.54, 1.807) is 13.0 Å².